The van der Waals surface area contributed by atoms with Crippen molar-refractivity contribution in [1.82, 2.24) is 14.6 Å². The van der Waals surface area contributed by atoms with Gasteiger partial charge in [0.2, 0.25) is 10.9 Å². The molecule has 0 unspecified atom stereocenters. The maximum absolute atomic E-state index is 12.5. The zero-order valence-electron chi connectivity index (χ0n) is 18.0. The van der Waals surface area contributed by atoms with Gasteiger partial charge in [-0.05, 0) is 37.5 Å². The van der Waals surface area contributed by atoms with Gasteiger partial charge in [0.15, 0.2) is 0 Å². The van der Waals surface area contributed by atoms with E-state index in [0.29, 0.717) is 34.2 Å². The smallest absolute Gasteiger partial charge is 0.338 e. The van der Waals surface area contributed by atoms with Gasteiger partial charge < -0.3 is 10.1 Å². The van der Waals surface area contributed by atoms with Gasteiger partial charge in [0, 0.05) is 24.1 Å². The first-order chi connectivity index (χ1) is 15.5. The number of ether oxygens (including phenoxy) is 1. The third-order valence-electron chi connectivity index (χ3n) is 5.48. The average Bonchev–Trinajstić information content (AvgIpc) is 3.23. The van der Waals surface area contributed by atoms with Crippen LogP contribution < -0.4 is 10.9 Å². The molecule has 1 aliphatic carbocycles. The van der Waals surface area contributed by atoms with E-state index in [9.17, 15) is 14.4 Å². The number of fused-ring (bicyclic) bond motifs is 1. The Labute approximate surface area is 189 Å². The molecule has 0 spiro atoms. The number of amides is 1. The summed E-state index contributed by atoms with van der Waals surface area (Å²) in [4.78, 5) is 41.8. The number of nitrogens with zero attached hydrogens (tertiary/aromatic N) is 3. The molecule has 3 aromatic rings. The highest BCUT2D eigenvalue weighted by Gasteiger charge is 2.21. The number of hydrogen-bond acceptors (Lipinski definition) is 7. The van der Waals surface area contributed by atoms with E-state index in [4.69, 9.17) is 4.74 Å². The molecule has 168 valence electrons. The predicted molar refractivity (Wildman–Crippen MR) is 122 cm³/mol. The Kier molecular flexibility index (Phi) is 6.94. The lowest BCUT2D eigenvalue weighted by Crippen LogP contribution is -2.17. The summed E-state index contributed by atoms with van der Waals surface area (Å²) in [6.45, 7) is 1.81. The van der Waals surface area contributed by atoms with Crippen molar-refractivity contribution in [2.45, 2.75) is 64.4 Å². The van der Waals surface area contributed by atoms with Gasteiger partial charge in [-0.15, -0.1) is 0 Å². The SMILES string of the molecule is CCCC(=O)Nc1cccc(C(=O)OCc2cc(=O)n3nc(C4CCCCC4)sc3n2)c1. The van der Waals surface area contributed by atoms with Crippen molar-refractivity contribution in [3.8, 4) is 0 Å². The van der Waals surface area contributed by atoms with E-state index in [2.05, 4.69) is 15.4 Å². The van der Waals surface area contributed by atoms with E-state index in [1.165, 1.54) is 41.2 Å². The van der Waals surface area contributed by atoms with Gasteiger partial charge in [0.05, 0.1) is 11.3 Å². The zero-order valence-corrected chi connectivity index (χ0v) is 18.8. The molecule has 1 saturated carbocycles. The Hall–Kier alpha value is -3.07. The van der Waals surface area contributed by atoms with Crippen molar-refractivity contribution in [3.05, 3.63) is 57.0 Å². The summed E-state index contributed by atoms with van der Waals surface area (Å²) in [5.41, 5.74) is 0.958. The van der Waals surface area contributed by atoms with Crippen LogP contribution in [0.3, 0.4) is 0 Å². The van der Waals surface area contributed by atoms with E-state index in [1.54, 1.807) is 24.3 Å². The fourth-order valence-electron chi connectivity index (χ4n) is 3.86. The molecule has 0 atom stereocenters. The molecule has 1 fully saturated rings. The lowest BCUT2D eigenvalue weighted by Gasteiger charge is -2.18. The van der Waals surface area contributed by atoms with Gasteiger partial charge in [-0.25, -0.2) is 9.78 Å². The van der Waals surface area contributed by atoms with E-state index >= 15 is 0 Å². The van der Waals surface area contributed by atoms with Gasteiger partial charge in [0.1, 0.15) is 11.6 Å². The van der Waals surface area contributed by atoms with E-state index in [-0.39, 0.29) is 18.1 Å². The molecular formula is C23H26N4O4S. The molecule has 1 aliphatic rings. The van der Waals surface area contributed by atoms with Crippen LogP contribution in [0, 0.1) is 0 Å². The Morgan fingerprint density at radius 1 is 1.22 bits per heavy atom. The third kappa shape index (κ3) is 5.21. The van der Waals surface area contributed by atoms with Crippen molar-refractivity contribution in [2.24, 2.45) is 0 Å². The molecular weight excluding hydrogens is 428 g/mol. The van der Waals surface area contributed by atoms with Gasteiger partial charge in [-0.3, -0.25) is 9.59 Å². The number of hydrogen-bond donors (Lipinski definition) is 1. The Morgan fingerprint density at radius 3 is 2.81 bits per heavy atom. The molecule has 0 radical (unpaired) electrons. The largest absolute Gasteiger partial charge is 0.456 e. The number of rotatable bonds is 7. The number of carbonyl (C=O) groups is 2. The van der Waals surface area contributed by atoms with Crippen LogP contribution in [0.5, 0.6) is 0 Å². The summed E-state index contributed by atoms with van der Waals surface area (Å²) in [5, 5.41) is 8.19. The van der Waals surface area contributed by atoms with Crippen molar-refractivity contribution in [1.29, 1.82) is 0 Å². The van der Waals surface area contributed by atoms with Crippen molar-refractivity contribution in [3.63, 3.8) is 0 Å². The second-order valence-corrected chi connectivity index (χ2v) is 9.00. The van der Waals surface area contributed by atoms with Crippen molar-refractivity contribution < 1.29 is 14.3 Å². The number of carbonyl (C=O) groups excluding carboxylic acids is 2. The molecule has 9 heteroatoms. The minimum absolute atomic E-state index is 0.104. The fraction of sp³-hybridized carbons (Fsp3) is 0.435. The standard InChI is InChI=1S/C23H26N4O4S/c1-2-7-19(28)24-17-11-6-10-16(12-17)22(30)31-14-18-13-20(29)27-23(25-18)32-21(26-27)15-8-4-3-5-9-15/h6,10-13,15H,2-5,7-9,14H2,1H3,(H,24,28). The molecule has 0 bridgehead atoms. The Morgan fingerprint density at radius 2 is 2.03 bits per heavy atom. The minimum atomic E-state index is -0.550. The molecule has 8 nitrogen and oxygen atoms in total. The van der Waals surface area contributed by atoms with Crippen LogP contribution in [0.2, 0.25) is 0 Å². The summed E-state index contributed by atoms with van der Waals surface area (Å²) in [6, 6.07) is 7.93. The van der Waals surface area contributed by atoms with E-state index < -0.39 is 5.97 Å². The first-order valence-electron chi connectivity index (χ1n) is 11.0. The topological polar surface area (TPSA) is 103 Å². The van der Waals surface area contributed by atoms with Crippen molar-refractivity contribution in [2.75, 3.05) is 5.32 Å². The van der Waals surface area contributed by atoms with E-state index in [0.717, 1.165) is 24.3 Å². The maximum atomic E-state index is 12.5. The molecule has 32 heavy (non-hydrogen) atoms. The van der Waals surface area contributed by atoms with Crippen LogP contribution in [-0.4, -0.2) is 26.5 Å². The minimum Gasteiger partial charge on any atom is -0.456 e. The monoisotopic (exact) mass is 454 g/mol. The molecule has 4 rings (SSSR count). The first-order valence-corrected chi connectivity index (χ1v) is 11.8. The second-order valence-electron chi connectivity index (χ2n) is 8.01. The summed E-state index contributed by atoms with van der Waals surface area (Å²) < 4.78 is 6.71. The summed E-state index contributed by atoms with van der Waals surface area (Å²) in [6.07, 6.45) is 6.98. The highest BCUT2D eigenvalue weighted by Crippen LogP contribution is 2.34. The molecule has 2 heterocycles. The maximum Gasteiger partial charge on any atom is 0.338 e. The average molecular weight is 455 g/mol. The predicted octanol–water partition coefficient (Wildman–Crippen LogP) is 4.29. The fourth-order valence-corrected chi connectivity index (χ4v) is 4.95. The lowest BCUT2D eigenvalue weighted by molar-refractivity contribution is -0.116. The van der Waals surface area contributed by atoms with Gasteiger partial charge in [-0.2, -0.15) is 9.61 Å². The zero-order chi connectivity index (χ0) is 22.5. The number of nitrogens with one attached hydrogen (secondary N) is 1. The van der Waals surface area contributed by atoms with Gasteiger partial charge >= 0.3 is 5.97 Å². The van der Waals surface area contributed by atoms with Crippen LogP contribution in [0.15, 0.2) is 35.1 Å². The third-order valence-corrected chi connectivity index (χ3v) is 6.55. The molecule has 1 N–H and O–H groups in total. The lowest BCUT2D eigenvalue weighted by atomic mass is 9.90. The summed E-state index contributed by atoms with van der Waals surface area (Å²) in [7, 11) is 0. The van der Waals surface area contributed by atoms with Gasteiger partial charge in [-0.1, -0.05) is 43.6 Å². The quantitative estimate of drug-likeness (QED) is 0.534. The molecule has 1 amide bonds. The van der Waals surface area contributed by atoms with Crippen LogP contribution in [0.4, 0.5) is 5.69 Å². The number of aromatic nitrogens is 3. The number of anilines is 1. The Bertz CT molecular complexity index is 1180. The van der Waals surface area contributed by atoms with Crippen molar-refractivity contribution >= 4 is 33.9 Å². The summed E-state index contributed by atoms with van der Waals surface area (Å²) in [5.74, 6) is -0.264. The first kappa shape index (κ1) is 22.1. The molecule has 0 aliphatic heterocycles. The highest BCUT2D eigenvalue weighted by molar-refractivity contribution is 7.16. The van der Waals surface area contributed by atoms with E-state index in [1.807, 2.05) is 6.92 Å². The van der Waals surface area contributed by atoms with Crippen LogP contribution >= 0.6 is 11.3 Å². The highest BCUT2D eigenvalue weighted by atomic mass is 32.1. The number of esters is 1. The number of benzene rings is 1. The molecule has 2 aromatic heterocycles. The second kappa shape index (κ2) is 10.0. The van der Waals surface area contributed by atoms with Crippen LogP contribution in [0.1, 0.15) is 78.8 Å². The van der Waals surface area contributed by atoms with Crippen LogP contribution in [0.25, 0.3) is 4.96 Å². The van der Waals surface area contributed by atoms with Crippen LogP contribution in [-0.2, 0) is 16.1 Å². The normalized spacial score (nSPS) is 14.4. The van der Waals surface area contributed by atoms with Gasteiger partial charge in [0.25, 0.3) is 5.56 Å². The molecule has 1 aromatic carbocycles. The Balaban J connectivity index is 1.44. The molecule has 0 saturated heterocycles. The summed E-state index contributed by atoms with van der Waals surface area (Å²) >= 11 is 1.43.